The maximum atomic E-state index is 11.4. The van der Waals surface area contributed by atoms with Crippen LogP contribution in [0.15, 0.2) is 16.3 Å². The second kappa shape index (κ2) is 5.93. The van der Waals surface area contributed by atoms with Crippen molar-refractivity contribution >= 4 is 11.8 Å². The summed E-state index contributed by atoms with van der Waals surface area (Å²) in [5, 5.41) is 12.5. The van der Waals surface area contributed by atoms with Crippen LogP contribution in [0.1, 0.15) is 54.9 Å². The van der Waals surface area contributed by atoms with Crippen LogP contribution in [0.5, 0.6) is 0 Å². The number of rotatable bonds is 2. The number of aliphatic carboxylic acids is 1. The summed E-state index contributed by atoms with van der Waals surface area (Å²) in [4.78, 5) is 18.6. The van der Waals surface area contributed by atoms with Crippen LogP contribution in [0.4, 0.5) is 0 Å². The molecule has 0 saturated carbocycles. The van der Waals surface area contributed by atoms with Crippen molar-refractivity contribution in [3.63, 3.8) is 0 Å². The molecule has 2 rings (SSSR count). The van der Waals surface area contributed by atoms with Gasteiger partial charge in [-0.15, -0.1) is 0 Å². The first kappa shape index (κ1) is 18.0. The Kier molecular flexibility index (Phi) is 4.64. The molecule has 0 radical (unpaired) electrons. The summed E-state index contributed by atoms with van der Waals surface area (Å²) in [6.07, 6.45) is 0.819. The summed E-state index contributed by atoms with van der Waals surface area (Å²) in [5.74, 6) is 0.218. The van der Waals surface area contributed by atoms with E-state index in [-0.39, 0.29) is 16.9 Å². The summed E-state index contributed by atoms with van der Waals surface area (Å²) in [5.41, 5.74) is 2.58. The van der Waals surface area contributed by atoms with Gasteiger partial charge in [0, 0.05) is 18.7 Å². The van der Waals surface area contributed by atoms with Crippen molar-refractivity contribution in [1.29, 1.82) is 0 Å². The maximum Gasteiger partial charge on any atom is 0.322 e. The summed E-state index contributed by atoms with van der Waals surface area (Å²) in [6, 6.07) is -0.408. The minimum atomic E-state index is -0.797. The molecule has 1 fully saturated rings. The van der Waals surface area contributed by atoms with Crippen LogP contribution in [0.2, 0.25) is 0 Å². The van der Waals surface area contributed by atoms with Gasteiger partial charge in [-0.05, 0) is 16.4 Å². The van der Waals surface area contributed by atoms with Crippen LogP contribution in [0.3, 0.4) is 0 Å². The summed E-state index contributed by atoms with van der Waals surface area (Å²) >= 11 is 0. The molecular formula is C18H31N3O2. The topological polar surface area (TPSA) is 64.9 Å². The number of nitrogens with one attached hydrogen (secondary N) is 1. The van der Waals surface area contributed by atoms with Gasteiger partial charge in [-0.3, -0.25) is 15.1 Å². The number of carboxylic acids is 1. The molecule has 23 heavy (non-hydrogen) atoms. The molecule has 2 aliphatic heterocycles. The van der Waals surface area contributed by atoms with Crippen LogP contribution >= 0.6 is 0 Å². The van der Waals surface area contributed by atoms with E-state index in [1.165, 1.54) is 11.3 Å². The molecule has 0 bridgehead atoms. The van der Waals surface area contributed by atoms with Gasteiger partial charge in [-0.1, -0.05) is 48.5 Å². The highest BCUT2D eigenvalue weighted by Crippen LogP contribution is 2.43. The first-order chi connectivity index (χ1) is 10.5. The number of carbonyl (C=O) groups is 1. The fraction of sp³-hybridized carbons (Fsp3) is 0.778. The van der Waals surface area contributed by atoms with Crippen molar-refractivity contribution < 1.29 is 9.90 Å². The van der Waals surface area contributed by atoms with E-state index < -0.39 is 12.0 Å². The Hall–Kier alpha value is -1.36. The zero-order valence-electron chi connectivity index (χ0n) is 15.5. The van der Waals surface area contributed by atoms with E-state index in [0.717, 1.165) is 12.3 Å². The van der Waals surface area contributed by atoms with Crippen molar-refractivity contribution in [3.8, 4) is 0 Å². The van der Waals surface area contributed by atoms with Gasteiger partial charge in [-0.2, -0.15) is 0 Å². The molecule has 0 aromatic rings. The number of hydrogen-bond donors (Lipinski definition) is 2. The van der Waals surface area contributed by atoms with Crippen molar-refractivity contribution in [3.05, 3.63) is 11.3 Å². The molecule has 1 saturated heterocycles. The number of hydrogen-bond acceptors (Lipinski definition) is 4. The van der Waals surface area contributed by atoms with Crippen molar-refractivity contribution in [1.82, 2.24) is 10.2 Å². The highest BCUT2D eigenvalue weighted by atomic mass is 16.4. The lowest BCUT2D eigenvalue weighted by Crippen LogP contribution is -2.57. The number of piperazine rings is 1. The minimum Gasteiger partial charge on any atom is -0.480 e. The van der Waals surface area contributed by atoms with E-state index in [4.69, 9.17) is 4.99 Å². The Morgan fingerprint density at radius 2 is 1.91 bits per heavy atom. The zero-order valence-corrected chi connectivity index (χ0v) is 15.5. The number of nitrogens with zero attached hydrogens (tertiary/aromatic N) is 2. The molecule has 0 amide bonds. The predicted octanol–water partition coefficient (Wildman–Crippen LogP) is 2.88. The molecular weight excluding hydrogens is 290 g/mol. The van der Waals surface area contributed by atoms with Gasteiger partial charge in [0.05, 0.1) is 12.6 Å². The molecule has 0 aromatic carbocycles. The minimum absolute atomic E-state index is 0.00790. The lowest BCUT2D eigenvalue weighted by Gasteiger charge is -2.48. The van der Waals surface area contributed by atoms with Gasteiger partial charge in [-0.25, -0.2) is 0 Å². The van der Waals surface area contributed by atoms with Crippen LogP contribution in [-0.2, 0) is 4.79 Å². The van der Waals surface area contributed by atoms with Crippen LogP contribution in [0.25, 0.3) is 0 Å². The Morgan fingerprint density at radius 1 is 1.30 bits per heavy atom. The van der Waals surface area contributed by atoms with Gasteiger partial charge >= 0.3 is 5.97 Å². The number of carboxylic acid groups (broad SMARTS) is 1. The highest BCUT2D eigenvalue weighted by molar-refractivity contribution is 5.87. The first-order valence-electron chi connectivity index (χ1n) is 8.50. The summed E-state index contributed by atoms with van der Waals surface area (Å²) in [6.45, 7) is 16.5. The fourth-order valence-corrected chi connectivity index (χ4v) is 3.53. The van der Waals surface area contributed by atoms with Crippen LogP contribution in [-0.4, -0.2) is 47.0 Å². The Morgan fingerprint density at radius 3 is 2.35 bits per heavy atom. The van der Waals surface area contributed by atoms with Crippen molar-refractivity contribution in [2.75, 3.05) is 13.1 Å². The van der Waals surface area contributed by atoms with Gasteiger partial charge < -0.3 is 10.0 Å². The molecule has 130 valence electrons. The van der Waals surface area contributed by atoms with E-state index in [1.54, 1.807) is 0 Å². The lowest BCUT2D eigenvalue weighted by atomic mass is 9.71. The zero-order chi connectivity index (χ0) is 17.6. The summed E-state index contributed by atoms with van der Waals surface area (Å²) in [7, 11) is 0. The fourth-order valence-electron chi connectivity index (χ4n) is 3.53. The Balaban J connectivity index is 2.55. The number of fused-ring (bicyclic) bond motifs is 1. The van der Waals surface area contributed by atoms with Gasteiger partial charge in [0.15, 0.2) is 0 Å². The quantitative estimate of drug-likeness (QED) is 0.821. The molecule has 2 aliphatic rings. The SMILES string of the molecule is CCC1=NC(C(C)(C)C)C(C(C)(C)C)=C2CNC(C(=O)O)CN12. The standard InChI is InChI=1S/C18H31N3O2/c1-8-13-20-15(18(5,6)7)14(17(2,3)4)12-9-19-11(16(22)23)10-21(12)13/h11,15,19H,8-10H2,1-7H3,(H,22,23). The van der Waals surface area contributed by atoms with E-state index in [2.05, 4.69) is 58.7 Å². The van der Waals surface area contributed by atoms with Gasteiger partial charge in [0.1, 0.15) is 11.9 Å². The van der Waals surface area contributed by atoms with E-state index in [9.17, 15) is 9.90 Å². The van der Waals surface area contributed by atoms with Crippen molar-refractivity contribution in [2.45, 2.75) is 67.0 Å². The van der Waals surface area contributed by atoms with Crippen LogP contribution in [0, 0.1) is 10.8 Å². The van der Waals surface area contributed by atoms with E-state index in [1.807, 2.05) is 0 Å². The monoisotopic (exact) mass is 321 g/mol. The normalized spacial score (nSPS) is 26.0. The first-order valence-corrected chi connectivity index (χ1v) is 8.50. The molecule has 5 heteroatoms. The molecule has 5 nitrogen and oxygen atoms in total. The highest BCUT2D eigenvalue weighted by Gasteiger charge is 2.43. The second-order valence-electron chi connectivity index (χ2n) is 8.66. The third-order valence-electron chi connectivity index (χ3n) is 4.62. The molecule has 2 atom stereocenters. The van der Waals surface area contributed by atoms with Gasteiger partial charge in [0.2, 0.25) is 0 Å². The number of aliphatic imine (C=N–C) groups is 1. The van der Waals surface area contributed by atoms with Gasteiger partial charge in [0.25, 0.3) is 0 Å². The maximum absolute atomic E-state index is 11.4. The molecule has 2 N–H and O–H groups in total. The van der Waals surface area contributed by atoms with Crippen molar-refractivity contribution in [2.24, 2.45) is 15.8 Å². The average molecular weight is 321 g/mol. The summed E-state index contributed by atoms with van der Waals surface area (Å²) < 4.78 is 0. The Bertz CT molecular complexity index is 550. The largest absolute Gasteiger partial charge is 0.480 e. The number of amidine groups is 1. The molecule has 0 spiro atoms. The van der Waals surface area contributed by atoms with Crippen LogP contribution < -0.4 is 5.32 Å². The lowest BCUT2D eigenvalue weighted by molar-refractivity contribution is -0.140. The third-order valence-corrected chi connectivity index (χ3v) is 4.62. The molecule has 0 aromatic heterocycles. The molecule has 2 heterocycles. The van der Waals surface area contributed by atoms with E-state index >= 15 is 0 Å². The van der Waals surface area contributed by atoms with E-state index in [0.29, 0.717) is 13.1 Å². The second-order valence-corrected chi connectivity index (χ2v) is 8.66. The molecule has 2 unspecified atom stereocenters. The smallest absolute Gasteiger partial charge is 0.322 e. The Labute approximate surface area is 139 Å². The molecule has 0 aliphatic carbocycles. The third kappa shape index (κ3) is 3.44. The predicted molar refractivity (Wildman–Crippen MR) is 93.6 cm³/mol. The average Bonchev–Trinajstić information content (AvgIpc) is 2.42.